The first kappa shape index (κ1) is 19.1. The van der Waals surface area contributed by atoms with Crippen LogP contribution in [0, 0.1) is 0 Å². The van der Waals surface area contributed by atoms with Gasteiger partial charge in [0.15, 0.2) is 0 Å². The van der Waals surface area contributed by atoms with Gasteiger partial charge in [-0.05, 0) is 32.4 Å². The van der Waals surface area contributed by atoms with Crippen LogP contribution in [0.2, 0.25) is 0 Å². The monoisotopic (exact) mass is 382 g/mol. The third-order valence-electron chi connectivity index (χ3n) is 6.12. The van der Waals surface area contributed by atoms with Crippen molar-refractivity contribution in [3.8, 4) is 0 Å². The van der Waals surface area contributed by atoms with E-state index in [0.717, 1.165) is 63.8 Å². The van der Waals surface area contributed by atoms with E-state index >= 15 is 0 Å². The van der Waals surface area contributed by atoms with Gasteiger partial charge in [0.1, 0.15) is 11.6 Å². The number of amides is 1. The van der Waals surface area contributed by atoms with Crippen molar-refractivity contribution in [1.29, 1.82) is 0 Å². The molecule has 28 heavy (non-hydrogen) atoms. The number of likely N-dealkylation sites (N-methyl/N-ethyl adjacent to an activating group) is 1. The van der Waals surface area contributed by atoms with Gasteiger partial charge in [-0.3, -0.25) is 9.69 Å². The predicted octanol–water partition coefficient (Wildman–Crippen LogP) is 1.61. The minimum atomic E-state index is -0.122. The van der Waals surface area contributed by atoms with Crippen molar-refractivity contribution in [2.45, 2.75) is 51.4 Å². The van der Waals surface area contributed by atoms with Gasteiger partial charge < -0.3 is 14.8 Å². The molecule has 1 atom stereocenters. The molecule has 2 aromatic rings. The zero-order chi connectivity index (χ0) is 19.5. The SMILES string of the molecule is CC(C(=O)N1CCC(c2nnc3n2CCNC3)CC1)N(C)Cc1ccccc1. The van der Waals surface area contributed by atoms with Crippen molar-refractivity contribution in [3.63, 3.8) is 0 Å². The number of hydrogen-bond donors (Lipinski definition) is 1. The summed E-state index contributed by atoms with van der Waals surface area (Å²) in [5, 5.41) is 12.1. The number of hydrogen-bond acceptors (Lipinski definition) is 5. The molecular formula is C21H30N6O. The highest BCUT2D eigenvalue weighted by molar-refractivity contribution is 5.81. The van der Waals surface area contributed by atoms with Gasteiger partial charge in [0.2, 0.25) is 5.91 Å². The third-order valence-corrected chi connectivity index (χ3v) is 6.12. The Hall–Kier alpha value is -2.25. The number of nitrogens with zero attached hydrogens (tertiary/aromatic N) is 5. The van der Waals surface area contributed by atoms with E-state index in [4.69, 9.17) is 0 Å². The fourth-order valence-electron chi connectivity index (χ4n) is 4.24. The Balaban J connectivity index is 1.33. The molecule has 2 aliphatic rings. The summed E-state index contributed by atoms with van der Waals surface area (Å²) < 4.78 is 2.27. The Labute approximate surface area is 166 Å². The van der Waals surface area contributed by atoms with E-state index in [1.165, 1.54) is 5.56 Å². The van der Waals surface area contributed by atoms with E-state index in [9.17, 15) is 4.79 Å². The summed E-state index contributed by atoms with van der Waals surface area (Å²) in [7, 11) is 2.03. The molecule has 7 nitrogen and oxygen atoms in total. The third kappa shape index (κ3) is 3.95. The maximum atomic E-state index is 13.0. The standard InChI is InChI=1S/C21H30N6O/c1-16(25(2)15-17-6-4-3-5-7-17)21(28)26-11-8-18(9-12-26)20-24-23-19-14-22-10-13-27(19)20/h3-7,16,18,22H,8-15H2,1-2H3. The van der Waals surface area contributed by atoms with Crippen LogP contribution in [0.15, 0.2) is 30.3 Å². The molecule has 0 aliphatic carbocycles. The highest BCUT2D eigenvalue weighted by Crippen LogP contribution is 2.28. The zero-order valence-electron chi connectivity index (χ0n) is 16.8. The van der Waals surface area contributed by atoms with Gasteiger partial charge in [-0.1, -0.05) is 30.3 Å². The highest BCUT2D eigenvalue weighted by Gasteiger charge is 2.31. The molecule has 0 saturated carbocycles. The lowest BCUT2D eigenvalue weighted by Gasteiger charge is -2.35. The van der Waals surface area contributed by atoms with E-state index in [1.54, 1.807) is 0 Å². The normalized spacial score (nSPS) is 18.9. The second kappa shape index (κ2) is 8.41. The van der Waals surface area contributed by atoms with Crippen LogP contribution in [-0.4, -0.2) is 63.2 Å². The second-order valence-electron chi connectivity index (χ2n) is 7.98. The Morgan fingerprint density at radius 1 is 1.21 bits per heavy atom. The van der Waals surface area contributed by atoms with E-state index < -0.39 is 0 Å². The van der Waals surface area contributed by atoms with Gasteiger partial charge in [0.05, 0.1) is 12.6 Å². The summed E-state index contributed by atoms with van der Waals surface area (Å²) in [6, 6.07) is 10.2. The van der Waals surface area contributed by atoms with Crippen molar-refractivity contribution >= 4 is 5.91 Å². The van der Waals surface area contributed by atoms with Gasteiger partial charge in [-0.25, -0.2) is 0 Å². The number of carbonyl (C=O) groups is 1. The molecule has 0 bridgehead atoms. The minimum Gasteiger partial charge on any atom is -0.341 e. The van der Waals surface area contributed by atoms with Crippen molar-refractivity contribution in [2.75, 3.05) is 26.7 Å². The Morgan fingerprint density at radius 2 is 1.96 bits per heavy atom. The molecule has 4 rings (SSSR count). The summed E-state index contributed by atoms with van der Waals surface area (Å²) in [5.41, 5.74) is 1.23. The molecule has 1 amide bonds. The summed E-state index contributed by atoms with van der Waals surface area (Å²) in [6.45, 7) is 7.11. The molecule has 1 saturated heterocycles. The molecule has 1 N–H and O–H groups in total. The fourth-order valence-corrected chi connectivity index (χ4v) is 4.24. The van der Waals surface area contributed by atoms with Crippen molar-refractivity contribution in [2.24, 2.45) is 0 Å². The van der Waals surface area contributed by atoms with Crippen LogP contribution >= 0.6 is 0 Å². The lowest BCUT2D eigenvalue weighted by atomic mass is 9.95. The zero-order valence-corrected chi connectivity index (χ0v) is 16.8. The first-order valence-electron chi connectivity index (χ1n) is 10.3. The number of benzene rings is 1. The van der Waals surface area contributed by atoms with Crippen LogP contribution in [0.1, 0.15) is 42.9 Å². The molecule has 2 aliphatic heterocycles. The Kier molecular flexibility index (Phi) is 5.73. The maximum absolute atomic E-state index is 13.0. The number of rotatable bonds is 5. The minimum absolute atomic E-state index is 0.122. The van der Waals surface area contributed by atoms with Gasteiger partial charge >= 0.3 is 0 Å². The quantitative estimate of drug-likeness (QED) is 0.851. The average molecular weight is 383 g/mol. The largest absolute Gasteiger partial charge is 0.341 e. The van der Waals surface area contributed by atoms with Crippen molar-refractivity contribution in [1.82, 2.24) is 29.9 Å². The van der Waals surface area contributed by atoms with Crippen molar-refractivity contribution in [3.05, 3.63) is 47.5 Å². The summed E-state index contributed by atoms with van der Waals surface area (Å²) in [5.74, 6) is 2.78. The summed E-state index contributed by atoms with van der Waals surface area (Å²) >= 11 is 0. The number of nitrogens with one attached hydrogen (secondary N) is 1. The van der Waals surface area contributed by atoms with Gasteiger partial charge in [0.25, 0.3) is 0 Å². The molecular weight excluding hydrogens is 352 g/mol. The summed E-state index contributed by atoms with van der Waals surface area (Å²) in [4.78, 5) is 17.2. The number of piperidine rings is 1. The van der Waals surface area contributed by atoms with Crippen LogP contribution in [0.5, 0.6) is 0 Å². The number of carbonyl (C=O) groups excluding carboxylic acids is 1. The topological polar surface area (TPSA) is 66.3 Å². The fraction of sp³-hybridized carbons (Fsp3) is 0.571. The van der Waals surface area contributed by atoms with E-state index in [2.05, 4.69) is 37.1 Å². The van der Waals surface area contributed by atoms with Crippen LogP contribution in [0.4, 0.5) is 0 Å². The van der Waals surface area contributed by atoms with E-state index in [-0.39, 0.29) is 11.9 Å². The molecule has 3 heterocycles. The average Bonchev–Trinajstić information content (AvgIpc) is 3.17. The number of fused-ring (bicyclic) bond motifs is 1. The molecule has 150 valence electrons. The summed E-state index contributed by atoms with van der Waals surface area (Å²) in [6.07, 6.45) is 1.93. The molecule has 0 spiro atoms. The first-order chi connectivity index (χ1) is 13.6. The molecule has 1 fully saturated rings. The molecule has 7 heteroatoms. The Bertz CT molecular complexity index is 796. The highest BCUT2D eigenvalue weighted by atomic mass is 16.2. The van der Waals surface area contributed by atoms with Crippen LogP contribution < -0.4 is 5.32 Å². The van der Waals surface area contributed by atoms with E-state index in [1.807, 2.05) is 37.1 Å². The van der Waals surface area contributed by atoms with E-state index in [0.29, 0.717) is 5.92 Å². The predicted molar refractivity (Wildman–Crippen MR) is 108 cm³/mol. The first-order valence-corrected chi connectivity index (χ1v) is 10.3. The molecule has 1 aromatic carbocycles. The van der Waals surface area contributed by atoms with Crippen molar-refractivity contribution < 1.29 is 4.79 Å². The lowest BCUT2D eigenvalue weighted by molar-refractivity contribution is -0.137. The smallest absolute Gasteiger partial charge is 0.239 e. The Morgan fingerprint density at radius 3 is 2.71 bits per heavy atom. The van der Waals surface area contributed by atoms with Crippen LogP contribution in [0.25, 0.3) is 0 Å². The number of aromatic nitrogens is 3. The molecule has 1 unspecified atom stereocenters. The molecule has 0 radical (unpaired) electrons. The van der Waals surface area contributed by atoms with Gasteiger partial charge in [0, 0.05) is 38.6 Å². The second-order valence-corrected chi connectivity index (χ2v) is 7.98. The maximum Gasteiger partial charge on any atom is 0.239 e. The number of likely N-dealkylation sites (tertiary alicyclic amines) is 1. The molecule has 1 aromatic heterocycles. The van der Waals surface area contributed by atoms with Gasteiger partial charge in [-0.15, -0.1) is 10.2 Å². The van der Waals surface area contributed by atoms with Gasteiger partial charge in [-0.2, -0.15) is 0 Å². The van der Waals surface area contributed by atoms with Crippen LogP contribution in [-0.2, 0) is 24.4 Å². The lowest BCUT2D eigenvalue weighted by Crippen LogP contribution is -2.48. The van der Waals surface area contributed by atoms with Crippen LogP contribution in [0.3, 0.4) is 0 Å².